The lowest BCUT2D eigenvalue weighted by molar-refractivity contribution is 0.182. The molecule has 18 heavy (non-hydrogen) atoms. The highest BCUT2D eigenvalue weighted by Crippen LogP contribution is 2.20. The van der Waals surface area contributed by atoms with Crippen LogP contribution in [0.15, 0.2) is 6.07 Å². The van der Waals surface area contributed by atoms with E-state index >= 15 is 0 Å². The Morgan fingerprint density at radius 1 is 1.33 bits per heavy atom. The van der Waals surface area contributed by atoms with Crippen molar-refractivity contribution in [3.05, 3.63) is 17.7 Å². The van der Waals surface area contributed by atoms with Crippen LogP contribution >= 0.6 is 0 Å². The molecule has 0 saturated carbocycles. The lowest BCUT2D eigenvalue weighted by atomic mass is 10.2. The Labute approximate surface area is 106 Å². The molecule has 1 aromatic heterocycles. The molecule has 102 valence electrons. The minimum atomic E-state index is -0.709. The summed E-state index contributed by atoms with van der Waals surface area (Å²) in [5.41, 5.74) is 0. The van der Waals surface area contributed by atoms with E-state index in [4.69, 9.17) is 4.74 Å². The largest absolute Gasteiger partial charge is 0.383 e. The number of anilines is 2. The van der Waals surface area contributed by atoms with Crippen molar-refractivity contribution in [2.75, 3.05) is 31.4 Å². The van der Waals surface area contributed by atoms with Crippen LogP contribution in [0.5, 0.6) is 0 Å². The van der Waals surface area contributed by atoms with Crippen LogP contribution in [0, 0.1) is 11.6 Å². The molecule has 1 aromatic rings. The fraction of sp³-hybridized carbons (Fsp3) is 0.583. The van der Waals surface area contributed by atoms with E-state index in [2.05, 4.69) is 15.6 Å². The Kier molecular flexibility index (Phi) is 5.77. The maximum Gasteiger partial charge on any atom is 0.168 e. The van der Waals surface area contributed by atoms with Crippen LogP contribution < -0.4 is 10.6 Å². The number of nitrogens with one attached hydrogen (secondary N) is 2. The molecule has 0 aliphatic carbocycles. The molecule has 1 unspecified atom stereocenters. The van der Waals surface area contributed by atoms with Gasteiger partial charge in [0, 0.05) is 20.2 Å². The third kappa shape index (κ3) is 3.80. The van der Waals surface area contributed by atoms with E-state index in [-0.39, 0.29) is 17.7 Å². The third-order valence-corrected chi connectivity index (χ3v) is 2.51. The zero-order valence-electron chi connectivity index (χ0n) is 10.9. The fourth-order valence-corrected chi connectivity index (χ4v) is 1.68. The molecule has 0 aliphatic rings. The van der Waals surface area contributed by atoms with Gasteiger partial charge in [0.2, 0.25) is 0 Å². The van der Waals surface area contributed by atoms with Crippen LogP contribution in [0.1, 0.15) is 19.8 Å². The minimum absolute atomic E-state index is 0.0200. The molecular formula is C12H19F2N3O. The normalized spacial score (nSPS) is 12.3. The van der Waals surface area contributed by atoms with Crippen molar-refractivity contribution < 1.29 is 13.5 Å². The van der Waals surface area contributed by atoms with Crippen molar-refractivity contribution in [2.45, 2.75) is 25.8 Å². The molecule has 0 spiro atoms. The van der Waals surface area contributed by atoms with Crippen LogP contribution in [0.3, 0.4) is 0 Å². The maximum absolute atomic E-state index is 13.6. The van der Waals surface area contributed by atoms with Gasteiger partial charge in [-0.25, -0.2) is 13.8 Å². The van der Waals surface area contributed by atoms with E-state index < -0.39 is 11.6 Å². The Morgan fingerprint density at radius 2 is 2.00 bits per heavy atom. The molecule has 0 bridgehead atoms. The van der Waals surface area contributed by atoms with Gasteiger partial charge in [0.25, 0.3) is 0 Å². The fourth-order valence-electron chi connectivity index (χ4n) is 1.68. The highest BCUT2D eigenvalue weighted by atomic mass is 19.1. The summed E-state index contributed by atoms with van der Waals surface area (Å²) in [6.45, 7) is 2.47. The van der Waals surface area contributed by atoms with Crippen LogP contribution in [0.4, 0.5) is 20.4 Å². The lowest BCUT2D eigenvalue weighted by Gasteiger charge is -2.18. The molecule has 1 atom stereocenters. The van der Waals surface area contributed by atoms with Crippen molar-refractivity contribution in [1.82, 2.24) is 4.98 Å². The summed E-state index contributed by atoms with van der Waals surface area (Å²) >= 11 is 0. The van der Waals surface area contributed by atoms with Gasteiger partial charge in [-0.3, -0.25) is 0 Å². The molecule has 0 fully saturated rings. The minimum Gasteiger partial charge on any atom is -0.383 e. The van der Waals surface area contributed by atoms with Gasteiger partial charge in [-0.05, 0) is 6.42 Å². The number of pyridine rings is 1. The van der Waals surface area contributed by atoms with Crippen LogP contribution in [-0.4, -0.2) is 31.8 Å². The van der Waals surface area contributed by atoms with Gasteiger partial charge in [-0.1, -0.05) is 13.3 Å². The first-order valence-corrected chi connectivity index (χ1v) is 5.91. The molecule has 0 radical (unpaired) electrons. The van der Waals surface area contributed by atoms with Gasteiger partial charge in [0.15, 0.2) is 23.3 Å². The molecule has 1 heterocycles. The summed E-state index contributed by atoms with van der Waals surface area (Å²) in [5, 5.41) is 5.51. The topological polar surface area (TPSA) is 46.2 Å². The van der Waals surface area contributed by atoms with Gasteiger partial charge in [-0.15, -0.1) is 0 Å². The first-order valence-electron chi connectivity index (χ1n) is 5.91. The molecule has 0 saturated heterocycles. The predicted molar refractivity (Wildman–Crippen MR) is 67.9 cm³/mol. The summed E-state index contributed by atoms with van der Waals surface area (Å²) in [6, 6.07) is 0.772. The Balaban J connectivity index is 2.87. The second-order valence-corrected chi connectivity index (χ2v) is 3.98. The zero-order chi connectivity index (χ0) is 13.5. The number of ether oxygens (including phenoxy) is 1. The number of nitrogens with zero attached hydrogens (tertiary/aromatic N) is 1. The smallest absolute Gasteiger partial charge is 0.168 e. The summed E-state index contributed by atoms with van der Waals surface area (Å²) < 4.78 is 31.9. The average Bonchev–Trinajstić information content (AvgIpc) is 2.33. The molecule has 0 aromatic carbocycles. The van der Waals surface area contributed by atoms with Crippen molar-refractivity contribution in [1.29, 1.82) is 0 Å². The zero-order valence-corrected chi connectivity index (χ0v) is 10.9. The molecule has 2 N–H and O–H groups in total. The second kappa shape index (κ2) is 7.10. The number of rotatable bonds is 7. The second-order valence-electron chi connectivity index (χ2n) is 3.98. The molecule has 6 heteroatoms. The van der Waals surface area contributed by atoms with Gasteiger partial charge in [0.1, 0.15) is 0 Å². The summed E-state index contributed by atoms with van der Waals surface area (Å²) in [6.07, 6.45) is 1.75. The molecular weight excluding hydrogens is 240 g/mol. The van der Waals surface area contributed by atoms with Crippen LogP contribution in [0.25, 0.3) is 0 Å². The van der Waals surface area contributed by atoms with E-state index in [0.29, 0.717) is 6.61 Å². The van der Waals surface area contributed by atoms with Crippen molar-refractivity contribution in [2.24, 2.45) is 0 Å². The first kappa shape index (κ1) is 14.6. The van der Waals surface area contributed by atoms with Gasteiger partial charge >= 0.3 is 0 Å². The van der Waals surface area contributed by atoms with E-state index in [9.17, 15) is 8.78 Å². The van der Waals surface area contributed by atoms with E-state index in [1.54, 1.807) is 7.11 Å². The molecule has 1 rings (SSSR count). The van der Waals surface area contributed by atoms with Crippen LogP contribution in [-0.2, 0) is 4.74 Å². The highest BCUT2D eigenvalue weighted by Gasteiger charge is 2.14. The number of methoxy groups -OCH3 is 1. The van der Waals surface area contributed by atoms with Crippen LogP contribution in [0.2, 0.25) is 0 Å². The molecule has 0 amide bonds. The molecule has 4 nitrogen and oxygen atoms in total. The predicted octanol–water partition coefficient (Wildman–Crippen LogP) is 2.63. The first-order chi connectivity index (χ1) is 8.62. The van der Waals surface area contributed by atoms with Gasteiger partial charge in [0.05, 0.1) is 12.6 Å². The standard InChI is InChI=1S/C12H19F2N3O/c1-4-5-8(7-18-3)16-12-10(14)6-9(13)11(15-2)17-12/h6,8H,4-5,7H2,1-3H3,(H2,15,16,17). The number of hydrogen-bond acceptors (Lipinski definition) is 4. The summed E-state index contributed by atoms with van der Waals surface area (Å²) in [5.74, 6) is -1.36. The third-order valence-electron chi connectivity index (χ3n) is 2.51. The highest BCUT2D eigenvalue weighted by molar-refractivity contribution is 5.47. The maximum atomic E-state index is 13.6. The number of hydrogen-bond donors (Lipinski definition) is 2. The van der Waals surface area contributed by atoms with Gasteiger partial charge < -0.3 is 15.4 Å². The van der Waals surface area contributed by atoms with E-state index in [1.807, 2.05) is 6.92 Å². The molecule has 0 aliphatic heterocycles. The van der Waals surface area contributed by atoms with E-state index in [1.165, 1.54) is 7.05 Å². The summed E-state index contributed by atoms with van der Waals surface area (Å²) in [7, 11) is 3.11. The monoisotopic (exact) mass is 259 g/mol. The Hall–Kier alpha value is -1.43. The average molecular weight is 259 g/mol. The van der Waals surface area contributed by atoms with Crippen molar-refractivity contribution in [3.63, 3.8) is 0 Å². The van der Waals surface area contributed by atoms with Crippen molar-refractivity contribution >= 4 is 11.6 Å². The summed E-state index contributed by atoms with van der Waals surface area (Å²) in [4.78, 5) is 3.87. The SMILES string of the molecule is CCCC(COC)Nc1nc(NC)c(F)cc1F. The Bertz CT molecular complexity index is 382. The number of aromatic nitrogens is 1. The van der Waals surface area contributed by atoms with Crippen molar-refractivity contribution in [3.8, 4) is 0 Å². The van der Waals surface area contributed by atoms with Gasteiger partial charge in [-0.2, -0.15) is 0 Å². The Morgan fingerprint density at radius 3 is 2.56 bits per heavy atom. The quantitative estimate of drug-likeness (QED) is 0.790. The number of halogens is 2. The van der Waals surface area contributed by atoms with E-state index in [0.717, 1.165) is 18.9 Å². The lowest BCUT2D eigenvalue weighted by Crippen LogP contribution is -2.26.